The zero-order chi connectivity index (χ0) is 24.7. The van der Waals surface area contributed by atoms with Gasteiger partial charge in [-0.3, -0.25) is 14.4 Å². The van der Waals surface area contributed by atoms with E-state index >= 15 is 0 Å². The minimum absolute atomic E-state index is 0.0588. The van der Waals surface area contributed by atoms with Crippen molar-refractivity contribution in [1.82, 2.24) is 14.7 Å². The van der Waals surface area contributed by atoms with E-state index in [4.69, 9.17) is 0 Å². The molecule has 8 heteroatoms. The predicted molar refractivity (Wildman–Crippen MR) is 135 cm³/mol. The summed E-state index contributed by atoms with van der Waals surface area (Å²) in [6.45, 7) is 3.41. The van der Waals surface area contributed by atoms with Crippen LogP contribution in [0.15, 0.2) is 54.6 Å². The molecule has 4 aliphatic heterocycles. The summed E-state index contributed by atoms with van der Waals surface area (Å²) in [4.78, 5) is 47.1. The molecular formula is C27H33N3O4S. The molecule has 1 aromatic rings. The molecule has 0 bridgehead atoms. The lowest BCUT2D eigenvalue weighted by atomic mass is 9.78. The van der Waals surface area contributed by atoms with Crippen LogP contribution in [0.1, 0.15) is 31.4 Å². The number of amides is 3. The van der Waals surface area contributed by atoms with Crippen molar-refractivity contribution in [1.29, 1.82) is 0 Å². The Labute approximate surface area is 210 Å². The van der Waals surface area contributed by atoms with Crippen LogP contribution >= 0.6 is 11.8 Å². The number of carbonyl (C=O) groups excluding carboxylic acids is 3. The summed E-state index contributed by atoms with van der Waals surface area (Å²) in [7, 11) is 1.76. The first-order valence-electron chi connectivity index (χ1n) is 12.5. The van der Waals surface area contributed by atoms with Gasteiger partial charge in [-0.25, -0.2) is 0 Å². The Morgan fingerprint density at radius 3 is 2.57 bits per heavy atom. The molecule has 1 spiro atoms. The number of aliphatic hydroxyl groups excluding tert-OH is 1. The number of aliphatic hydroxyl groups is 1. The maximum Gasteiger partial charge on any atom is 0.247 e. The number of benzene rings is 1. The number of rotatable bonds is 6. The number of thioether (sulfide) groups is 1. The first-order valence-corrected chi connectivity index (χ1v) is 13.4. The van der Waals surface area contributed by atoms with Gasteiger partial charge < -0.3 is 19.8 Å². The molecule has 35 heavy (non-hydrogen) atoms. The van der Waals surface area contributed by atoms with Crippen LogP contribution in [0.25, 0.3) is 0 Å². The van der Waals surface area contributed by atoms with E-state index in [2.05, 4.69) is 6.92 Å². The van der Waals surface area contributed by atoms with Crippen molar-refractivity contribution < 1.29 is 19.5 Å². The quantitative estimate of drug-likeness (QED) is 0.613. The van der Waals surface area contributed by atoms with Crippen molar-refractivity contribution in [2.45, 2.75) is 41.8 Å². The molecule has 2 fully saturated rings. The lowest BCUT2D eigenvalue weighted by Gasteiger charge is -2.38. The molecule has 3 amide bonds. The van der Waals surface area contributed by atoms with E-state index in [0.29, 0.717) is 19.6 Å². The molecule has 1 N–H and O–H groups in total. The Bertz CT molecular complexity index is 1060. The zero-order valence-corrected chi connectivity index (χ0v) is 21.1. The molecule has 6 atom stereocenters. The van der Waals surface area contributed by atoms with Gasteiger partial charge >= 0.3 is 0 Å². The summed E-state index contributed by atoms with van der Waals surface area (Å²) in [6, 6.07) is 7.95. The molecule has 0 aliphatic carbocycles. The minimum atomic E-state index is -0.856. The third-order valence-corrected chi connectivity index (χ3v) is 9.60. The molecule has 7 nitrogen and oxygen atoms in total. The molecular weight excluding hydrogens is 462 g/mol. The van der Waals surface area contributed by atoms with Crippen LogP contribution in [0.3, 0.4) is 0 Å². The van der Waals surface area contributed by atoms with Gasteiger partial charge in [-0.2, -0.15) is 0 Å². The monoisotopic (exact) mass is 495 g/mol. The molecule has 0 radical (unpaired) electrons. The van der Waals surface area contributed by atoms with E-state index in [-0.39, 0.29) is 29.6 Å². The molecule has 5 rings (SSSR count). The molecule has 1 aromatic carbocycles. The zero-order valence-electron chi connectivity index (χ0n) is 20.2. The van der Waals surface area contributed by atoms with E-state index in [1.807, 2.05) is 59.5 Å². The number of likely N-dealkylation sites (tertiary alicyclic amines) is 1. The van der Waals surface area contributed by atoms with Crippen molar-refractivity contribution in [3.05, 3.63) is 60.2 Å². The Kier molecular flexibility index (Phi) is 6.53. The first kappa shape index (κ1) is 24.1. The summed E-state index contributed by atoms with van der Waals surface area (Å²) in [5, 5.41) is 10.3. The number of hydrogen-bond donors (Lipinski definition) is 1. The van der Waals surface area contributed by atoms with Gasteiger partial charge in [0.25, 0.3) is 0 Å². The Morgan fingerprint density at radius 1 is 1.09 bits per heavy atom. The minimum Gasteiger partial charge on any atom is -0.394 e. The van der Waals surface area contributed by atoms with Crippen molar-refractivity contribution in [2.75, 3.05) is 33.3 Å². The van der Waals surface area contributed by atoms with Crippen LogP contribution in [0, 0.1) is 11.8 Å². The fourth-order valence-electron chi connectivity index (χ4n) is 6.16. The maximum atomic E-state index is 14.3. The van der Waals surface area contributed by atoms with Gasteiger partial charge in [-0.1, -0.05) is 68.0 Å². The molecule has 2 saturated heterocycles. The number of nitrogens with zero attached hydrogens (tertiary/aromatic N) is 3. The SMILES string of the molecule is CCCCN1CC=C[C@]23S[C@@H]4C=CCN(C)C(=O)[C@@H]4[C@H]2C(=O)N([C@H](CO)c2ccccc2)C3C1=O. The smallest absolute Gasteiger partial charge is 0.247 e. The highest BCUT2D eigenvalue weighted by Crippen LogP contribution is 2.62. The lowest BCUT2D eigenvalue weighted by molar-refractivity contribution is -0.146. The van der Waals surface area contributed by atoms with E-state index < -0.39 is 28.7 Å². The number of hydrogen-bond acceptors (Lipinski definition) is 5. The third-order valence-electron chi connectivity index (χ3n) is 7.86. The molecule has 4 aliphatic rings. The lowest BCUT2D eigenvalue weighted by Crippen LogP contribution is -2.54. The van der Waals surface area contributed by atoms with Crippen molar-refractivity contribution in [3.63, 3.8) is 0 Å². The Balaban J connectivity index is 1.65. The van der Waals surface area contributed by atoms with Crippen LogP contribution in [0.5, 0.6) is 0 Å². The predicted octanol–water partition coefficient (Wildman–Crippen LogP) is 2.24. The van der Waals surface area contributed by atoms with Gasteiger partial charge in [-0.05, 0) is 12.0 Å². The number of unbranched alkanes of at least 4 members (excludes halogenated alkanes) is 1. The van der Waals surface area contributed by atoms with Gasteiger partial charge in [0.1, 0.15) is 6.04 Å². The highest BCUT2D eigenvalue weighted by Gasteiger charge is 2.71. The fraction of sp³-hybridized carbons (Fsp3) is 0.519. The molecule has 186 valence electrons. The van der Waals surface area contributed by atoms with Crippen molar-refractivity contribution in [3.8, 4) is 0 Å². The number of carbonyl (C=O) groups is 3. The Morgan fingerprint density at radius 2 is 1.86 bits per heavy atom. The van der Waals surface area contributed by atoms with Gasteiger partial charge in [0.15, 0.2) is 0 Å². The van der Waals surface area contributed by atoms with Crippen LogP contribution in [0.4, 0.5) is 0 Å². The third kappa shape index (κ3) is 3.73. The van der Waals surface area contributed by atoms with Gasteiger partial charge in [-0.15, -0.1) is 11.8 Å². The topological polar surface area (TPSA) is 81.2 Å². The maximum absolute atomic E-state index is 14.3. The van der Waals surface area contributed by atoms with Crippen LogP contribution < -0.4 is 0 Å². The van der Waals surface area contributed by atoms with Gasteiger partial charge in [0, 0.05) is 31.9 Å². The van der Waals surface area contributed by atoms with E-state index in [9.17, 15) is 19.5 Å². The largest absolute Gasteiger partial charge is 0.394 e. The Hall–Kier alpha value is -2.58. The van der Waals surface area contributed by atoms with Crippen LogP contribution in [-0.2, 0) is 14.4 Å². The second kappa shape index (κ2) is 9.47. The number of fused-ring (bicyclic) bond motifs is 2. The van der Waals surface area contributed by atoms with Crippen molar-refractivity contribution in [2.24, 2.45) is 11.8 Å². The average molecular weight is 496 g/mol. The summed E-state index contributed by atoms with van der Waals surface area (Å²) < 4.78 is -0.856. The van der Waals surface area contributed by atoms with Gasteiger partial charge in [0.05, 0.1) is 29.2 Å². The van der Waals surface area contributed by atoms with Gasteiger partial charge in [0.2, 0.25) is 17.7 Å². The standard InChI is InChI=1S/C27H33N3O4S/c1-3-4-15-29-16-9-13-27-22(21-20(35-27)12-8-14-28(2)24(21)32)25(33)30(23(27)26(29)34)19(17-31)18-10-6-5-7-11-18/h5-13,19-23,31H,3-4,14-17H2,1-2H3/t19-,20-,21+,22+,23?,27+/m1/s1. The van der Waals surface area contributed by atoms with Crippen LogP contribution in [-0.4, -0.2) is 86.9 Å². The average Bonchev–Trinajstić information content (AvgIpc) is 3.19. The molecule has 4 heterocycles. The van der Waals surface area contributed by atoms with E-state index in [1.165, 1.54) is 0 Å². The fourth-order valence-corrected chi connectivity index (χ4v) is 8.16. The summed E-state index contributed by atoms with van der Waals surface area (Å²) in [5.74, 6) is -1.58. The second-order valence-corrected chi connectivity index (χ2v) is 11.4. The number of likely N-dealkylation sites (N-methyl/N-ethyl adjacent to an activating group) is 1. The normalized spacial score (nSPS) is 32.9. The van der Waals surface area contributed by atoms with Crippen LogP contribution in [0.2, 0.25) is 0 Å². The molecule has 0 aromatic heterocycles. The first-order chi connectivity index (χ1) is 16.9. The van der Waals surface area contributed by atoms with E-state index in [1.54, 1.807) is 28.6 Å². The molecule has 0 saturated carbocycles. The highest BCUT2D eigenvalue weighted by atomic mass is 32.2. The summed E-state index contributed by atoms with van der Waals surface area (Å²) in [5.41, 5.74) is 0.783. The molecule has 1 unspecified atom stereocenters. The summed E-state index contributed by atoms with van der Waals surface area (Å²) >= 11 is 1.58. The van der Waals surface area contributed by atoms with Crippen molar-refractivity contribution >= 4 is 29.5 Å². The second-order valence-electron chi connectivity index (χ2n) is 9.88. The summed E-state index contributed by atoms with van der Waals surface area (Å²) in [6.07, 6.45) is 9.90. The van der Waals surface area contributed by atoms with E-state index in [0.717, 1.165) is 18.4 Å². The highest BCUT2D eigenvalue weighted by molar-refractivity contribution is 8.02.